The molecule has 1 unspecified atom stereocenters. The molecule has 1 aromatic heterocycles. The minimum atomic E-state index is -0.0499. The molecule has 0 aliphatic carbocycles. The van der Waals surface area contributed by atoms with E-state index < -0.39 is 0 Å². The minimum Gasteiger partial charge on any atom is -0.327 e. The predicted octanol–water partition coefficient (Wildman–Crippen LogP) is 4.40. The molecule has 2 rings (SSSR count). The number of hydrogen-bond donors (Lipinski definition) is 0. The molecule has 0 radical (unpaired) electrons. The summed E-state index contributed by atoms with van der Waals surface area (Å²) in [6.07, 6.45) is 3.29. The predicted molar refractivity (Wildman–Crippen MR) is 81.7 cm³/mol. The van der Waals surface area contributed by atoms with E-state index in [-0.39, 0.29) is 5.38 Å². The van der Waals surface area contributed by atoms with Gasteiger partial charge in [-0.1, -0.05) is 12.1 Å². The fraction of sp³-hybridized carbons (Fsp3) is 0.500. The molecule has 4 heteroatoms. The highest BCUT2D eigenvalue weighted by atomic mass is 35.5. The van der Waals surface area contributed by atoms with E-state index in [0.717, 1.165) is 24.3 Å². The SMILES string of the molecule is CSCCCn1c(C(C)Cl)nc2c(C)cccc21. The summed E-state index contributed by atoms with van der Waals surface area (Å²) < 4.78 is 2.27. The van der Waals surface area contributed by atoms with Gasteiger partial charge < -0.3 is 4.57 Å². The molecule has 0 fully saturated rings. The number of hydrogen-bond acceptors (Lipinski definition) is 2. The van der Waals surface area contributed by atoms with Crippen molar-refractivity contribution in [2.75, 3.05) is 12.0 Å². The average Bonchev–Trinajstić information content (AvgIpc) is 2.70. The lowest BCUT2D eigenvalue weighted by Crippen LogP contribution is -2.05. The Balaban J connectivity index is 2.46. The number of alkyl halides is 1. The number of fused-ring (bicyclic) bond motifs is 1. The maximum atomic E-state index is 6.26. The van der Waals surface area contributed by atoms with Gasteiger partial charge in [0.15, 0.2) is 0 Å². The maximum absolute atomic E-state index is 6.26. The van der Waals surface area contributed by atoms with Crippen LogP contribution in [0.5, 0.6) is 0 Å². The second-order valence-electron chi connectivity index (χ2n) is 4.53. The Morgan fingerprint density at radius 1 is 1.44 bits per heavy atom. The van der Waals surface area contributed by atoms with E-state index in [1.54, 1.807) is 0 Å². The van der Waals surface area contributed by atoms with Crippen LogP contribution in [0.1, 0.15) is 30.1 Å². The molecule has 2 aromatic rings. The van der Waals surface area contributed by atoms with E-state index in [1.807, 2.05) is 18.7 Å². The number of halogens is 1. The monoisotopic (exact) mass is 282 g/mol. The van der Waals surface area contributed by atoms with Gasteiger partial charge in [0.05, 0.1) is 16.4 Å². The topological polar surface area (TPSA) is 17.8 Å². The molecule has 0 saturated carbocycles. The number of para-hydroxylation sites is 1. The third-order valence-electron chi connectivity index (χ3n) is 3.10. The molecule has 1 aromatic carbocycles. The van der Waals surface area contributed by atoms with Gasteiger partial charge in [0, 0.05) is 6.54 Å². The van der Waals surface area contributed by atoms with Gasteiger partial charge in [-0.3, -0.25) is 0 Å². The third kappa shape index (κ3) is 2.67. The summed E-state index contributed by atoms with van der Waals surface area (Å²) in [5, 5.41) is -0.0499. The van der Waals surface area contributed by atoms with Crippen molar-refractivity contribution in [1.29, 1.82) is 0 Å². The molecule has 0 N–H and O–H groups in total. The van der Waals surface area contributed by atoms with E-state index in [1.165, 1.54) is 16.8 Å². The lowest BCUT2D eigenvalue weighted by Gasteiger charge is -2.09. The largest absolute Gasteiger partial charge is 0.327 e. The Labute approximate surface area is 118 Å². The van der Waals surface area contributed by atoms with Gasteiger partial charge in [0.2, 0.25) is 0 Å². The van der Waals surface area contributed by atoms with Crippen LogP contribution in [-0.4, -0.2) is 21.6 Å². The molecule has 0 bridgehead atoms. The molecule has 0 spiro atoms. The molecule has 0 saturated heterocycles. The molecule has 0 aliphatic rings. The zero-order valence-corrected chi connectivity index (χ0v) is 12.7. The first-order valence-corrected chi connectivity index (χ1v) is 8.07. The van der Waals surface area contributed by atoms with E-state index in [4.69, 9.17) is 16.6 Å². The summed E-state index contributed by atoms with van der Waals surface area (Å²) in [6.45, 7) is 5.08. The van der Waals surface area contributed by atoms with Crippen LogP contribution in [0.4, 0.5) is 0 Å². The maximum Gasteiger partial charge on any atom is 0.127 e. The van der Waals surface area contributed by atoms with Crippen LogP contribution in [0.15, 0.2) is 18.2 Å². The first-order chi connectivity index (χ1) is 8.65. The summed E-state index contributed by atoms with van der Waals surface area (Å²) >= 11 is 8.14. The Bertz CT molecular complexity index is 534. The fourth-order valence-electron chi connectivity index (χ4n) is 2.21. The molecule has 1 atom stereocenters. The molecule has 2 nitrogen and oxygen atoms in total. The first-order valence-electron chi connectivity index (χ1n) is 6.24. The molecule has 98 valence electrons. The van der Waals surface area contributed by atoms with Gasteiger partial charge in [-0.25, -0.2) is 4.98 Å². The summed E-state index contributed by atoms with van der Waals surface area (Å²) in [5.41, 5.74) is 3.51. The van der Waals surface area contributed by atoms with Gasteiger partial charge in [0.25, 0.3) is 0 Å². The quantitative estimate of drug-likeness (QED) is 0.598. The molecular weight excluding hydrogens is 264 g/mol. The van der Waals surface area contributed by atoms with Crippen LogP contribution in [0.3, 0.4) is 0 Å². The smallest absolute Gasteiger partial charge is 0.127 e. The molecular formula is C14H19ClN2S. The van der Waals surface area contributed by atoms with Crippen LogP contribution < -0.4 is 0 Å². The van der Waals surface area contributed by atoms with Gasteiger partial charge in [-0.2, -0.15) is 11.8 Å². The number of aryl methyl sites for hydroxylation is 2. The number of aromatic nitrogens is 2. The normalized spacial score (nSPS) is 13.1. The van der Waals surface area contributed by atoms with Crippen LogP contribution in [0.2, 0.25) is 0 Å². The lowest BCUT2D eigenvalue weighted by molar-refractivity contribution is 0.658. The van der Waals surface area contributed by atoms with Gasteiger partial charge in [0.1, 0.15) is 5.82 Å². The number of rotatable bonds is 5. The second-order valence-corrected chi connectivity index (χ2v) is 6.17. The molecule has 0 aliphatic heterocycles. The highest BCUT2D eigenvalue weighted by Crippen LogP contribution is 2.26. The highest BCUT2D eigenvalue weighted by Gasteiger charge is 2.15. The first kappa shape index (κ1) is 13.8. The minimum absolute atomic E-state index is 0.0499. The van der Waals surface area contributed by atoms with Crippen molar-refractivity contribution in [3.05, 3.63) is 29.6 Å². The van der Waals surface area contributed by atoms with Crippen LogP contribution >= 0.6 is 23.4 Å². The summed E-state index contributed by atoms with van der Waals surface area (Å²) in [7, 11) is 0. The van der Waals surface area contributed by atoms with Crippen molar-refractivity contribution in [1.82, 2.24) is 9.55 Å². The number of nitrogens with zero attached hydrogens (tertiary/aromatic N) is 2. The van der Waals surface area contributed by atoms with E-state index in [2.05, 4.69) is 35.9 Å². The number of benzene rings is 1. The van der Waals surface area contributed by atoms with Crippen LogP contribution in [0, 0.1) is 6.92 Å². The zero-order chi connectivity index (χ0) is 13.1. The van der Waals surface area contributed by atoms with Crippen molar-refractivity contribution < 1.29 is 0 Å². The Morgan fingerprint density at radius 3 is 2.89 bits per heavy atom. The number of imidazole rings is 1. The van der Waals surface area contributed by atoms with Crippen molar-refractivity contribution in [3.8, 4) is 0 Å². The van der Waals surface area contributed by atoms with E-state index >= 15 is 0 Å². The summed E-state index contributed by atoms with van der Waals surface area (Å²) in [6, 6.07) is 6.33. The number of thioether (sulfide) groups is 1. The Kier molecular flexibility index (Phi) is 4.57. The third-order valence-corrected chi connectivity index (χ3v) is 3.99. The zero-order valence-electron chi connectivity index (χ0n) is 11.1. The molecule has 1 heterocycles. The highest BCUT2D eigenvalue weighted by molar-refractivity contribution is 7.98. The van der Waals surface area contributed by atoms with Crippen molar-refractivity contribution >= 4 is 34.4 Å². The standard InChI is InChI=1S/C14H19ClN2S/c1-10-6-4-7-12-13(10)16-14(11(2)15)17(12)8-5-9-18-3/h4,6-7,11H,5,8-9H2,1-3H3. The second kappa shape index (κ2) is 5.98. The van der Waals surface area contributed by atoms with Gasteiger partial charge in [-0.05, 0) is 43.9 Å². The molecule has 0 amide bonds. The van der Waals surface area contributed by atoms with E-state index in [0.29, 0.717) is 0 Å². The Morgan fingerprint density at radius 2 is 2.22 bits per heavy atom. The van der Waals surface area contributed by atoms with Crippen LogP contribution in [-0.2, 0) is 6.54 Å². The lowest BCUT2D eigenvalue weighted by atomic mass is 10.2. The average molecular weight is 283 g/mol. The summed E-state index contributed by atoms with van der Waals surface area (Å²) in [4.78, 5) is 4.71. The van der Waals surface area contributed by atoms with E-state index in [9.17, 15) is 0 Å². The van der Waals surface area contributed by atoms with Crippen molar-refractivity contribution in [2.45, 2.75) is 32.2 Å². The Hall–Kier alpha value is -0.670. The summed E-state index contributed by atoms with van der Waals surface area (Å²) in [5.74, 6) is 2.16. The molecule has 18 heavy (non-hydrogen) atoms. The van der Waals surface area contributed by atoms with Gasteiger partial charge >= 0.3 is 0 Å². The van der Waals surface area contributed by atoms with Crippen molar-refractivity contribution in [3.63, 3.8) is 0 Å². The van der Waals surface area contributed by atoms with Crippen molar-refractivity contribution in [2.24, 2.45) is 0 Å². The fourth-order valence-corrected chi connectivity index (χ4v) is 2.80. The van der Waals surface area contributed by atoms with Gasteiger partial charge in [-0.15, -0.1) is 11.6 Å². The van der Waals surface area contributed by atoms with Crippen LogP contribution in [0.25, 0.3) is 11.0 Å².